The highest BCUT2D eigenvalue weighted by molar-refractivity contribution is 5.62. The van der Waals surface area contributed by atoms with Crippen molar-refractivity contribution in [3.63, 3.8) is 0 Å². The van der Waals surface area contributed by atoms with Gasteiger partial charge in [0.05, 0.1) is 12.8 Å². The number of hydrogen-bond donors (Lipinski definition) is 3. The summed E-state index contributed by atoms with van der Waals surface area (Å²) >= 11 is 0. The van der Waals surface area contributed by atoms with Gasteiger partial charge >= 0.3 is 0 Å². The monoisotopic (exact) mass is 401 g/mol. The first-order chi connectivity index (χ1) is 14.1. The second-order valence-corrected chi connectivity index (χ2v) is 5.95. The Balaban J connectivity index is 1.71. The number of nitrogens with zero attached hydrogens (tertiary/aromatic N) is 2. The van der Waals surface area contributed by atoms with E-state index in [9.17, 15) is 8.78 Å². The predicted molar refractivity (Wildman–Crippen MR) is 108 cm³/mol. The molecule has 1 heterocycles. The van der Waals surface area contributed by atoms with E-state index in [-0.39, 0.29) is 24.1 Å². The van der Waals surface area contributed by atoms with Crippen LogP contribution >= 0.6 is 0 Å². The highest BCUT2D eigenvalue weighted by atomic mass is 19.1. The third-order valence-corrected chi connectivity index (χ3v) is 3.91. The van der Waals surface area contributed by atoms with E-state index in [0.717, 1.165) is 11.9 Å². The average Bonchev–Trinajstić information content (AvgIpc) is 2.73. The number of benzene rings is 2. The zero-order valence-corrected chi connectivity index (χ0v) is 16.0. The molecule has 0 saturated carbocycles. The van der Waals surface area contributed by atoms with Crippen LogP contribution in [-0.2, 0) is 4.74 Å². The minimum absolute atomic E-state index is 0.000279. The van der Waals surface area contributed by atoms with Crippen molar-refractivity contribution in [3.05, 3.63) is 60.3 Å². The van der Waals surface area contributed by atoms with Crippen molar-refractivity contribution in [3.8, 4) is 5.75 Å². The molecular weight excluding hydrogens is 380 g/mol. The van der Waals surface area contributed by atoms with Crippen molar-refractivity contribution in [2.45, 2.75) is 0 Å². The van der Waals surface area contributed by atoms with Crippen LogP contribution in [0.2, 0.25) is 0 Å². The van der Waals surface area contributed by atoms with Crippen LogP contribution in [0.1, 0.15) is 0 Å². The molecule has 0 aliphatic rings. The molecule has 0 atom stereocenters. The molecule has 0 unspecified atom stereocenters. The Morgan fingerprint density at radius 3 is 2.31 bits per heavy atom. The van der Waals surface area contributed by atoms with Crippen LogP contribution in [0.4, 0.5) is 37.6 Å². The van der Waals surface area contributed by atoms with Gasteiger partial charge in [-0.25, -0.2) is 13.8 Å². The van der Waals surface area contributed by atoms with Crippen LogP contribution in [0.5, 0.6) is 5.75 Å². The molecule has 0 aliphatic carbocycles. The highest BCUT2D eigenvalue weighted by Crippen LogP contribution is 2.24. The number of aromatic nitrogens is 2. The average molecular weight is 401 g/mol. The molecule has 152 valence electrons. The molecule has 0 aliphatic heterocycles. The Morgan fingerprint density at radius 1 is 0.897 bits per heavy atom. The van der Waals surface area contributed by atoms with Gasteiger partial charge in [0.1, 0.15) is 6.61 Å². The summed E-state index contributed by atoms with van der Waals surface area (Å²) in [5.74, 6) is -0.926. The molecule has 0 spiro atoms. The third kappa shape index (κ3) is 5.52. The van der Waals surface area contributed by atoms with Crippen LogP contribution in [0.25, 0.3) is 0 Å². The number of nitrogens with one attached hydrogen (secondary N) is 3. The number of rotatable bonds is 9. The summed E-state index contributed by atoms with van der Waals surface area (Å²) in [4.78, 5) is 8.02. The second kappa shape index (κ2) is 9.65. The minimum Gasteiger partial charge on any atom is -0.488 e. The predicted octanol–water partition coefficient (Wildman–Crippen LogP) is 4.31. The maximum atomic E-state index is 14.1. The lowest BCUT2D eigenvalue weighted by molar-refractivity contribution is 0.144. The van der Waals surface area contributed by atoms with E-state index in [1.807, 2.05) is 19.2 Å². The molecule has 3 rings (SSSR count). The van der Waals surface area contributed by atoms with Crippen LogP contribution in [-0.4, -0.2) is 37.3 Å². The van der Waals surface area contributed by atoms with Crippen molar-refractivity contribution >= 4 is 28.8 Å². The SMILES string of the molecule is CNc1ccc(Nc2nc(Nc3ccc(OCCOC)c(F)c3)ncc2F)cc1. The molecule has 29 heavy (non-hydrogen) atoms. The number of anilines is 5. The molecule has 0 amide bonds. The zero-order valence-electron chi connectivity index (χ0n) is 16.0. The lowest BCUT2D eigenvalue weighted by atomic mass is 10.3. The van der Waals surface area contributed by atoms with Crippen molar-refractivity contribution in [1.29, 1.82) is 0 Å². The van der Waals surface area contributed by atoms with Gasteiger partial charge in [0, 0.05) is 37.3 Å². The minimum atomic E-state index is -0.610. The topological polar surface area (TPSA) is 80.3 Å². The molecule has 3 aromatic rings. The Labute approximate surface area is 167 Å². The number of methoxy groups -OCH3 is 1. The summed E-state index contributed by atoms with van der Waals surface area (Å²) in [7, 11) is 3.35. The van der Waals surface area contributed by atoms with Gasteiger partial charge in [-0.2, -0.15) is 4.98 Å². The van der Waals surface area contributed by atoms with Crippen molar-refractivity contribution in [2.75, 3.05) is 43.3 Å². The molecule has 9 heteroatoms. The quantitative estimate of drug-likeness (QED) is 0.461. The summed E-state index contributed by atoms with van der Waals surface area (Å²) < 4.78 is 38.4. The Bertz CT molecular complexity index is 954. The maximum absolute atomic E-state index is 14.1. The number of ether oxygens (including phenoxy) is 2. The zero-order chi connectivity index (χ0) is 20.6. The number of hydrogen-bond acceptors (Lipinski definition) is 7. The molecule has 0 saturated heterocycles. The van der Waals surface area contributed by atoms with Gasteiger partial charge in [-0.1, -0.05) is 0 Å². The Morgan fingerprint density at radius 2 is 1.62 bits per heavy atom. The van der Waals surface area contributed by atoms with E-state index in [2.05, 4.69) is 25.9 Å². The second-order valence-electron chi connectivity index (χ2n) is 5.95. The van der Waals surface area contributed by atoms with E-state index >= 15 is 0 Å². The maximum Gasteiger partial charge on any atom is 0.229 e. The van der Waals surface area contributed by atoms with Crippen LogP contribution in [0.3, 0.4) is 0 Å². The van der Waals surface area contributed by atoms with E-state index in [1.165, 1.54) is 19.2 Å². The fourth-order valence-corrected chi connectivity index (χ4v) is 2.43. The smallest absolute Gasteiger partial charge is 0.229 e. The standard InChI is InChI=1S/C20H21F2N5O2/c1-23-13-3-5-14(6-4-13)25-19-17(22)12-24-20(27-19)26-15-7-8-18(16(21)11-15)29-10-9-28-2/h3-8,11-12,23H,9-10H2,1-2H3,(H2,24,25,26,27). The van der Waals surface area contributed by atoms with Crippen molar-refractivity contribution in [2.24, 2.45) is 0 Å². The number of halogens is 2. The van der Waals surface area contributed by atoms with Gasteiger partial charge in [-0.3, -0.25) is 0 Å². The van der Waals surface area contributed by atoms with E-state index in [1.54, 1.807) is 18.2 Å². The van der Waals surface area contributed by atoms with Crippen molar-refractivity contribution in [1.82, 2.24) is 9.97 Å². The van der Waals surface area contributed by atoms with Crippen LogP contribution < -0.4 is 20.7 Å². The summed E-state index contributed by atoms with van der Waals surface area (Å²) in [6.45, 7) is 0.599. The summed E-state index contributed by atoms with van der Waals surface area (Å²) in [5.41, 5.74) is 1.99. The largest absolute Gasteiger partial charge is 0.488 e. The molecule has 3 N–H and O–H groups in total. The third-order valence-electron chi connectivity index (χ3n) is 3.91. The fraction of sp³-hybridized carbons (Fsp3) is 0.200. The summed E-state index contributed by atoms with van der Waals surface area (Å²) in [6, 6.07) is 11.6. The molecule has 1 aromatic heterocycles. The lowest BCUT2D eigenvalue weighted by Crippen LogP contribution is -2.06. The first kappa shape index (κ1) is 20.3. The highest BCUT2D eigenvalue weighted by Gasteiger charge is 2.10. The first-order valence-corrected chi connectivity index (χ1v) is 8.84. The molecule has 0 bridgehead atoms. The van der Waals surface area contributed by atoms with Crippen LogP contribution in [0.15, 0.2) is 48.7 Å². The fourth-order valence-electron chi connectivity index (χ4n) is 2.43. The van der Waals surface area contributed by atoms with Crippen molar-refractivity contribution < 1.29 is 18.3 Å². The van der Waals surface area contributed by atoms with E-state index in [4.69, 9.17) is 9.47 Å². The van der Waals surface area contributed by atoms with Gasteiger partial charge in [0.15, 0.2) is 23.2 Å². The van der Waals surface area contributed by atoms with Gasteiger partial charge in [-0.05, 0) is 36.4 Å². The Kier molecular flexibility index (Phi) is 6.75. The van der Waals surface area contributed by atoms with Gasteiger partial charge in [0.2, 0.25) is 5.95 Å². The molecular formula is C20H21F2N5O2. The molecule has 2 aromatic carbocycles. The summed E-state index contributed by atoms with van der Waals surface area (Å²) in [5, 5.41) is 8.76. The molecule has 7 nitrogen and oxygen atoms in total. The molecule has 0 radical (unpaired) electrons. The Hall–Kier alpha value is -3.46. The molecule has 0 fully saturated rings. The van der Waals surface area contributed by atoms with Gasteiger partial charge in [0.25, 0.3) is 0 Å². The van der Waals surface area contributed by atoms with E-state index in [0.29, 0.717) is 18.0 Å². The van der Waals surface area contributed by atoms with Crippen LogP contribution in [0, 0.1) is 11.6 Å². The first-order valence-electron chi connectivity index (χ1n) is 8.84. The van der Waals surface area contributed by atoms with E-state index < -0.39 is 11.6 Å². The lowest BCUT2D eigenvalue weighted by Gasteiger charge is -2.11. The normalized spacial score (nSPS) is 10.5. The summed E-state index contributed by atoms with van der Waals surface area (Å²) in [6.07, 6.45) is 1.04. The van der Waals surface area contributed by atoms with Gasteiger partial charge in [-0.15, -0.1) is 0 Å². The van der Waals surface area contributed by atoms with Gasteiger partial charge < -0.3 is 25.4 Å².